The summed E-state index contributed by atoms with van der Waals surface area (Å²) in [6.45, 7) is 2.09. The van der Waals surface area contributed by atoms with E-state index in [1.54, 1.807) is 0 Å². The minimum absolute atomic E-state index is 0.273. The lowest BCUT2D eigenvalue weighted by Gasteiger charge is -2.14. The Kier molecular flexibility index (Phi) is 3.14. The van der Waals surface area contributed by atoms with Crippen molar-refractivity contribution in [2.24, 2.45) is 5.73 Å². The Morgan fingerprint density at radius 2 is 2.38 bits per heavy atom. The smallest absolute Gasteiger partial charge is 0.412 e. The molecule has 0 saturated heterocycles. The largest absolute Gasteiger partial charge is 0.625 e. The van der Waals surface area contributed by atoms with Crippen LogP contribution < -0.4 is 10.8 Å². The standard InChI is InChI=1S/C4H10N2O2/c1-2-3-6(8)4(5)7/h6H,2-3H2,1H3,(H2,5,7). The SMILES string of the molecule is CCC[NH+]([O-])C(N)=O. The molecule has 4 nitrogen and oxygen atoms in total. The molecule has 0 rings (SSSR count). The van der Waals surface area contributed by atoms with Crippen LogP contribution in [0.4, 0.5) is 4.79 Å². The highest BCUT2D eigenvalue weighted by Gasteiger charge is 1.99. The number of rotatable bonds is 2. The predicted molar refractivity (Wildman–Crippen MR) is 29.1 cm³/mol. The fourth-order valence-corrected chi connectivity index (χ4v) is 0.350. The first-order chi connectivity index (χ1) is 3.68. The van der Waals surface area contributed by atoms with Crippen LogP contribution in [0.15, 0.2) is 0 Å². The van der Waals surface area contributed by atoms with Crippen LogP contribution in [0, 0.1) is 5.21 Å². The number of quaternary nitrogens is 1. The van der Waals surface area contributed by atoms with Crippen LogP contribution in [0.5, 0.6) is 0 Å². The van der Waals surface area contributed by atoms with Crippen molar-refractivity contribution in [1.29, 1.82) is 0 Å². The van der Waals surface area contributed by atoms with Crippen LogP contribution >= 0.6 is 0 Å². The zero-order valence-corrected chi connectivity index (χ0v) is 4.81. The average molecular weight is 118 g/mol. The molecule has 0 radical (unpaired) electrons. The number of hydrogen-bond donors (Lipinski definition) is 2. The molecule has 0 aromatic heterocycles. The third-order valence-electron chi connectivity index (χ3n) is 0.752. The molecule has 1 unspecified atom stereocenters. The summed E-state index contributed by atoms with van der Waals surface area (Å²) in [5, 5.41) is 9.79. The first kappa shape index (κ1) is 7.39. The second-order valence-electron chi connectivity index (χ2n) is 1.54. The molecule has 8 heavy (non-hydrogen) atoms. The van der Waals surface area contributed by atoms with E-state index in [2.05, 4.69) is 5.73 Å². The quantitative estimate of drug-likeness (QED) is 0.450. The molecular weight excluding hydrogens is 108 g/mol. The molecule has 0 aromatic rings. The van der Waals surface area contributed by atoms with Gasteiger partial charge in [-0.05, 0) is 6.42 Å². The molecule has 0 aliphatic heterocycles. The number of hydrogen-bond acceptors (Lipinski definition) is 2. The van der Waals surface area contributed by atoms with Gasteiger partial charge in [0.2, 0.25) is 0 Å². The molecule has 0 saturated carbocycles. The van der Waals surface area contributed by atoms with Gasteiger partial charge in [-0.1, -0.05) is 6.92 Å². The van der Waals surface area contributed by atoms with Crippen LogP contribution in [-0.4, -0.2) is 12.6 Å². The lowest BCUT2D eigenvalue weighted by atomic mass is 10.5. The Morgan fingerprint density at radius 3 is 2.50 bits per heavy atom. The van der Waals surface area contributed by atoms with E-state index in [0.29, 0.717) is 6.42 Å². The van der Waals surface area contributed by atoms with Gasteiger partial charge in [-0.2, -0.15) is 0 Å². The number of nitrogens with two attached hydrogens (primary N) is 1. The van der Waals surface area contributed by atoms with Crippen molar-refractivity contribution in [2.75, 3.05) is 6.54 Å². The molecule has 0 fully saturated rings. The molecule has 0 aliphatic carbocycles. The fourth-order valence-electron chi connectivity index (χ4n) is 0.350. The number of amides is 2. The molecule has 48 valence electrons. The third-order valence-corrected chi connectivity index (χ3v) is 0.752. The number of urea groups is 1. The second kappa shape index (κ2) is 3.40. The molecule has 0 heterocycles. The fraction of sp³-hybridized carbons (Fsp3) is 0.750. The van der Waals surface area contributed by atoms with Crippen LogP contribution in [0.2, 0.25) is 0 Å². The number of carbonyl (C=O) groups excluding carboxylic acids is 1. The van der Waals surface area contributed by atoms with Gasteiger partial charge < -0.3 is 10.9 Å². The maximum Gasteiger partial charge on any atom is 0.412 e. The third kappa shape index (κ3) is 2.54. The number of carbonyl (C=O) groups is 1. The van der Waals surface area contributed by atoms with E-state index in [9.17, 15) is 10.0 Å². The Balaban J connectivity index is 3.32. The van der Waals surface area contributed by atoms with Gasteiger partial charge in [0.05, 0.1) is 6.54 Å². The first-order valence-electron chi connectivity index (χ1n) is 2.51. The highest BCUT2D eigenvalue weighted by atomic mass is 16.5. The summed E-state index contributed by atoms with van der Waals surface area (Å²) in [4.78, 5) is 9.96. The molecule has 3 N–H and O–H groups in total. The molecule has 2 amide bonds. The van der Waals surface area contributed by atoms with Gasteiger partial charge in [-0.25, -0.2) is 4.79 Å². The summed E-state index contributed by atoms with van der Waals surface area (Å²) in [6.07, 6.45) is 0.682. The Labute approximate surface area is 47.8 Å². The van der Waals surface area contributed by atoms with Crippen molar-refractivity contribution in [2.45, 2.75) is 13.3 Å². The second-order valence-corrected chi connectivity index (χ2v) is 1.54. The van der Waals surface area contributed by atoms with Crippen LogP contribution in [0.1, 0.15) is 13.3 Å². The van der Waals surface area contributed by atoms with E-state index in [-0.39, 0.29) is 6.54 Å². The van der Waals surface area contributed by atoms with E-state index >= 15 is 0 Å². The normalized spacial score (nSPS) is 13.2. The highest BCUT2D eigenvalue weighted by Crippen LogP contribution is 1.61. The minimum Gasteiger partial charge on any atom is -0.625 e. The number of hydroxylamine groups is 2. The van der Waals surface area contributed by atoms with Gasteiger partial charge >= 0.3 is 6.03 Å². The zero-order valence-electron chi connectivity index (χ0n) is 4.81. The summed E-state index contributed by atoms with van der Waals surface area (Å²) < 4.78 is 0. The van der Waals surface area contributed by atoms with Crippen molar-refractivity contribution in [3.8, 4) is 0 Å². The molecular formula is C4H10N2O2. The van der Waals surface area contributed by atoms with Crippen LogP contribution in [-0.2, 0) is 0 Å². The first-order valence-corrected chi connectivity index (χ1v) is 2.51. The van der Waals surface area contributed by atoms with E-state index < -0.39 is 11.1 Å². The van der Waals surface area contributed by atoms with Gasteiger partial charge in [0.1, 0.15) is 0 Å². The minimum atomic E-state index is -0.827. The topological polar surface area (TPSA) is 70.6 Å². The van der Waals surface area contributed by atoms with Crippen molar-refractivity contribution >= 4 is 6.03 Å². The monoisotopic (exact) mass is 118 g/mol. The summed E-state index contributed by atoms with van der Waals surface area (Å²) in [5.74, 6) is 0. The molecule has 0 bridgehead atoms. The van der Waals surface area contributed by atoms with Gasteiger partial charge in [0, 0.05) is 0 Å². The summed E-state index contributed by atoms with van der Waals surface area (Å²) in [5.41, 5.74) is 4.63. The molecule has 1 atom stereocenters. The highest BCUT2D eigenvalue weighted by molar-refractivity contribution is 5.61. The van der Waals surface area contributed by atoms with E-state index in [1.165, 1.54) is 0 Å². The van der Waals surface area contributed by atoms with Crippen molar-refractivity contribution in [3.05, 3.63) is 5.21 Å². The lowest BCUT2D eigenvalue weighted by molar-refractivity contribution is -0.757. The van der Waals surface area contributed by atoms with Crippen molar-refractivity contribution < 1.29 is 9.86 Å². The molecule has 0 spiro atoms. The Morgan fingerprint density at radius 1 is 1.88 bits per heavy atom. The predicted octanol–water partition coefficient (Wildman–Crippen LogP) is -1.14. The van der Waals surface area contributed by atoms with E-state index in [4.69, 9.17) is 0 Å². The lowest BCUT2D eigenvalue weighted by Crippen LogP contribution is -3.11. The molecule has 0 aliphatic rings. The average Bonchev–Trinajstić information content (AvgIpc) is 1.67. The summed E-state index contributed by atoms with van der Waals surface area (Å²) in [6, 6.07) is -0.827. The number of primary amides is 1. The Hall–Kier alpha value is -0.610. The maximum atomic E-state index is 10.3. The number of nitrogens with one attached hydrogen (secondary N) is 1. The summed E-state index contributed by atoms with van der Waals surface area (Å²) in [7, 11) is 0. The van der Waals surface area contributed by atoms with Gasteiger partial charge in [0.15, 0.2) is 0 Å². The van der Waals surface area contributed by atoms with Crippen LogP contribution in [0.3, 0.4) is 0 Å². The maximum absolute atomic E-state index is 10.3. The molecule has 4 heteroatoms. The van der Waals surface area contributed by atoms with Crippen molar-refractivity contribution in [1.82, 2.24) is 0 Å². The van der Waals surface area contributed by atoms with E-state index in [0.717, 1.165) is 0 Å². The van der Waals surface area contributed by atoms with Gasteiger partial charge in [-0.3, -0.25) is 5.06 Å². The molecule has 0 aromatic carbocycles. The van der Waals surface area contributed by atoms with Gasteiger partial charge in [0.25, 0.3) is 0 Å². The summed E-state index contributed by atoms with van der Waals surface area (Å²) >= 11 is 0. The van der Waals surface area contributed by atoms with E-state index in [1.807, 2.05) is 6.92 Å². The van der Waals surface area contributed by atoms with Crippen LogP contribution in [0.25, 0.3) is 0 Å². The zero-order chi connectivity index (χ0) is 6.57. The Bertz CT molecular complexity index is 84.1. The van der Waals surface area contributed by atoms with Gasteiger partial charge in [-0.15, -0.1) is 0 Å². The van der Waals surface area contributed by atoms with Crippen molar-refractivity contribution in [3.63, 3.8) is 0 Å².